The summed E-state index contributed by atoms with van der Waals surface area (Å²) in [5.41, 5.74) is 1.01. The van der Waals surface area contributed by atoms with E-state index >= 15 is 0 Å². The smallest absolute Gasteiger partial charge is 0.244 e. The van der Waals surface area contributed by atoms with Crippen molar-refractivity contribution in [3.05, 3.63) is 35.4 Å². The van der Waals surface area contributed by atoms with Crippen LogP contribution in [-0.2, 0) is 11.3 Å². The van der Waals surface area contributed by atoms with Gasteiger partial charge in [-0.15, -0.1) is 0 Å². The third-order valence-electron chi connectivity index (χ3n) is 4.62. The second kappa shape index (κ2) is 7.13. The van der Waals surface area contributed by atoms with Crippen LogP contribution in [0.5, 0.6) is 11.5 Å². The first-order valence-corrected chi connectivity index (χ1v) is 8.43. The van der Waals surface area contributed by atoms with Gasteiger partial charge in [0.15, 0.2) is 0 Å². The van der Waals surface area contributed by atoms with Gasteiger partial charge in [0.25, 0.3) is 0 Å². The first-order valence-electron chi connectivity index (χ1n) is 8.43. The van der Waals surface area contributed by atoms with Gasteiger partial charge in [-0.25, -0.2) is 9.67 Å². The summed E-state index contributed by atoms with van der Waals surface area (Å²) in [6.07, 6.45) is 1.89. The number of aromatic nitrogens is 3. The highest BCUT2D eigenvalue weighted by Gasteiger charge is 2.32. The standard InChI is InChI=1S/C18H24N4O3/c1-12-19-13(2)22(20-12)11-18(23)21-9-5-6-16(21)15-8-7-14(24-3)10-17(15)25-4/h7-8,10,16H,5-6,9,11H2,1-4H3/t16-/m0/s1. The molecule has 1 aromatic heterocycles. The lowest BCUT2D eigenvalue weighted by Gasteiger charge is -2.26. The molecule has 7 heteroatoms. The summed E-state index contributed by atoms with van der Waals surface area (Å²) in [7, 11) is 3.27. The van der Waals surface area contributed by atoms with Crippen LogP contribution in [0.25, 0.3) is 0 Å². The quantitative estimate of drug-likeness (QED) is 0.832. The summed E-state index contributed by atoms with van der Waals surface area (Å²) >= 11 is 0. The highest BCUT2D eigenvalue weighted by atomic mass is 16.5. The van der Waals surface area contributed by atoms with Crippen molar-refractivity contribution in [3.63, 3.8) is 0 Å². The number of carbonyl (C=O) groups is 1. The van der Waals surface area contributed by atoms with E-state index in [4.69, 9.17) is 9.47 Å². The Bertz CT molecular complexity index is 772. The molecule has 0 unspecified atom stereocenters. The zero-order valence-corrected chi connectivity index (χ0v) is 15.2. The third-order valence-corrected chi connectivity index (χ3v) is 4.62. The van der Waals surface area contributed by atoms with E-state index in [1.165, 1.54) is 0 Å². The lowest BCUT2D eigenvalue weighted by Crippen LogP contribution is -2.34. The second-order valence-corrected chi connectivity index (χ2v) is 6.22. The zero-order chi connectivity index (χ0) is 18.0. The predicted molar refractivity (Wildman–Crippen MR) is 92.7 cm³/mol. The van der Waals surface area contributed by atoms with Crippen molar-refractivity contribution in [2.45, 2.75) is 39.3 Å². The van der Waals surface area contributed by atoms with Crippen molar-refractivity contribution in [1.29, 1.82) is 0 Å². The predicted octanol–water partition coefficient (Wildman–Crippen LogP) is 2.28. The molecule has 3 rings (SSSR count). The fourth-order valence-corrected chi connectivity index (χ4v) is 3.41. The van der Waals surface area contributed by atoms with E-state index in [0.717, 1.165) is 42.3 Å². The van der Waals surface area contributed by atoms with E-state index in [1.807, 2.05) is 36.9 Å². The molecule has 0 bridgehead atoms. The van der Waals surface area contributed by atoms with Crippen LogP contribution in [0.2, 0.25) is 0 Å². The summed E-state index contributed by atoms with van der Waals surface area (Å²) in [5.74, 6) is 2.97. The molecule has 134 valence electrons. The number of aryl methyl sites for hydroxylation is 2. The van der Waals surface area contributed by atoms with Crippen molar-refractivity contribution in [1.82, 2.24) is 19.7 Å². The maximum absolute atomic E-state index is 12.9. The van der Waals surface area contributed by atoms with Crippen LogP contribution in [0.15, 0.2) is 18.2 Å². The first-order chi connectivity index (χ1) is 12.0. The highest BCUT2D eigenvalue weighted by molar-refractivity contribution is 5.77. The third kappa shape index (κ3) is 3.45. The molecular formula is C18H24N4O3. The Morgan fingerprint density at radius 3 is 2.72 bits per heavy atom. The second-order valence-electron chi connectivity index (χ2n) is 6.22. The normalized spacial score (nSPS) is 17.0. The molecule has 1 amide bonds. The summed E-state index contributed by atoms with van der Waals surface area (Å²) in [4.78, 5) is 19.0. The lowest BCUT2D eigenvalue weighted by molar-refractivity contribution is -0.133. The molecule has 1 aliphatic rings. The van der Waals surface area contributed by atoms with Gasteiger partial charge in [-0.2, -0.15) is 5.10 Å². The van der Waals surface area contributed by atoms with Gasteiger partial charge in [-0.3, -0.25) is 4.79 Å². The van der Waals surface area contributed by atoms with Gasteiger partial charge in [0.1, 0.15) is 29.7 Å². The van der Waals surface area contributed by atoms with Crippen LogP contribution < -0.4 is 9.47 Å². The topological polar surface area (TPSA) is 69.5 Å². The van der Waals surface area contributed by atoms with Gasteiger partial charge in [0, 0.05) is 18.2 Å². The first kappa shape index (κ1) is 17.3. The minimum Gasteiger partial charge on any atom is -0.497 e. The van der Waals surface area contributed by atoms with E-state index in [-0.39, 0.29) is 18.5 Å². The van der Waals surface area contributed by atoms with Crippen LogP contribution in [0, 0.1) is 13.8 Å². The molecule has 0 aliphatic carbocycles. The Morgan fingerprint density at radius 1 is 1.28 bits per heavy atom. The molecular weight excluding hydrogens is 320 g/mol. The molecule has 0 N–H and O–H groups in total. The van der Waals surface area contributed by atoms with Gasteiger partial charge in [-0.05, 0) is 38.8 Å². The average Bonchev–Trinajstić information content (AvgIpc) is 3.20. The van der Waals surface area contributed by atoms with Gasteiger partial charge in [0.05, 0.1) is 20.3 Å². The number of carbonyl (C=O) groups excluding carboxylic acids is 1. The minimum atomic E-state index is 0.0123. The number of benzene rings is 1. The molecule has 1 aliphatic heterocycles. The Hall–Kier alpha value is -2.57. The molecule has 2 heterocycles. The molecule has 7 nitrogen and oxygen atoms in total. The number of ether oxygens (including phenoxy) is 2. The van der Waals surface area contributed by atoms with Crippen LogP contribution in [0.1, 0.15) is 36.1 Å². The van der Waals surface area contributed by atoms with Crippen molar-refractivity contribution >= 4 is 5.91 Å². The molecule has 0 spiro atoms. The van der Waals surface area contributed by atoms with Crippen LogP contribution in [0.4, 0.5) is 0 Å². The zero-order valence-electron chi connectivity index (χ0n) is 15.2. The van der Waals surface area contributed by atoms with Gasteiger partial charge >= 0.3 is 0 Å². The Morgan fingerprint density at radius 2 is 2.08 bits per heavy atom. The molecule has 0 saturated carbocycles. The Labute approximate surface area is 147 Å². The molecule has 1 saturated heterocycles. The van der Waals surface area contributed by atoms with E-state index in [9.17, 15) is 4.79 Å². The van der Waals surface area contributed by atoms with E-state index in [2.05, 4.69) is 10.1 Å². The number of hydrogen-bond donors (Lipinski definition) is 0. The van der Waals surface area contributed by atoms with Gasteiger partial charge in [0.2, 0.25) is 5.91 Å². The number of hydrogen-bond acceptors (Lipinski definition) is 5. The summed E-state index contributed by atoms with van der Waals surface area (Å²) < 4.78 is 12.5. The number of amides is 1. The number of rotatable bonds is 5. The summed E-state index contributed by atoms with van der Waals surface area (Å²) in [5, 5.41) is 4.29. The number of methoxy groups -OCH3 is 2. The van der Waals surface area contributed by atoms with Crippen molar-refractivity contribution in [2.24, 2.45) is 0 Å². The largest absolute Gasteiger partial charge is 0.497 e. The molecule has 1 aromatic carbocycles. The fourth-order valence-electron chi connectivity index (χ4n) is 3.41. The van der Waals surface area contributed by atoms with Crippen LogP contribution in [0.3, 0.4) is 0 Å². The Balaban J connectivity index is 1.83. The minimum absolute atomic E-state index is 0.0123. The van der Waals surface area contributed by atoms with E-state index in [1.54, 1.807) is 18.9 Å². The molecule has 1 fully saturated rings. The van der Waals surface area contributed by atoms with Crippen LogP contribution >= 0.6 is 0 Å². The Kier molecular flexibility index (Phi) is 4.92. The SMILES string of the molecule is COc1ccc([C@@H]2CCCN2C(=O)Cn2nc(C)nc2C)c(OC)c1. The fraction of sp³-hybridized carbons (Fsp3) is 0.500. The number of nitrogens with zero attached hydrogens (tertiary/aromatic N) is 4. The van der Waals surface area contributed by atoms with Crippen molar-refractivity contribution < 1.29 is 14.3 Å². The molecule has 0 radical (unpaired) electrons. The van der Waals surface area contributed by atoms with Gasteiger partial charge < -0.3 is 14.4 Å². The monoisotopic (exact) mass is 344 g/mol. The summed E-state index contributed by atoms with van der Waals surface area (Å²) in [6, 6.07) is 5.77. The average molecular weight is 344 g/mol. The molecule has 2 aromatic rings. The number of likely N-dealkylation sites (tertiary alicyclic amines) is 1. The summed E-state index contributed by atoms with van der Waals surface area (Å²) in [6.45, 7) is 4.64. The van der Waals surface area contributed by atoms with E-state index < -0.39 is 0 Å². The maximum atomic E-state index is 12.9. The highest BCUT2D eigenvalue weighted by Crippen LogP contribution is 2.38. The maximum Gasteiger partial charge on any atom is 0.244 e. The van der Waals surface area contributed by atoms with Gasteiger partial charge in [-0.1, -0.05) is 0 Å². The molecule has 1 atom stereocenters. The van der Waals surface area contributed by atoms with E-state index in [0.29, 0.717) is 5.82 Å². The molecule has 25 heavy (non-hydrogen) atoms. The lowest BCUT2D eigenvalue weighted by atomic mass is 10.0. The van der Waals surface area contributed by atoms with Crippen molar-refractivity contribution in [3.8, 4) is 11.5 Å². The van der Waals surface area contributed by atoms with Crippen molar-refractivity contribution in [2.75, 3.05) is 20.8 Å². The van der Waals surface area contributed by atoms with Crippen LogP contribution in [-0.4, -0.2) is 46.3 Å².